The van der Waals surface area contributed by atoms with Crippen LogP contribution in [0.5, 0.6) is 0 Å². The molecule has 4 heteroatoms. The molecule has 1 unspecified atom stereocenters. The molecule has 0 radical (unpaired) electrons. The molecule has 0 bridgehead atoms. The third-order valence-corrected chi connectivity index (χ3v) is 2.85. The van der Waals surface area contributed by atoms with Crippen LogP contribution in [0.15, 0.2) is 36.4 Å². The van der Waals surface area contributed by atoms with Crippen molar-refractivity contribution >= 4 is 18.0 Å². The average molecular weight is 289 g/mol. The monoisotopic (exact) mass is 289 g/mol. The zero-order chi connectivity index (χ0) is 15.9. The van der Waals surface area contributed by atoms with Gasteiger partial charge in [0, 0.05) is 12.1 Å². The molecule has 0 aromatic heterocycles. The summed E-state index contributed by atoms with van der Waals surface area (Å²) >= 11 is 0. The Morgan fingerprint density at radius 3 is 2.38 bits per heavy atom. The first-order valence-electron chi connectivity index (χ1n) is 7.02. The van der Waals surface area contributed by atoms with Crippen LogP contribution in [0.1, 0.15) is 39.2 Å². The fraction of sp³-hybridized carbons (Fsp3) is 0.412. The molecule has 0 aliphatic heterocycles. The van der Waals surface area contributed by atoms with Gasteiger partial charge in [0.25, 0.3) is 0 Å². The molecule has 114 valence electrons. The van der Waals surface area contributed by atoms with Crippen LogP contribution in [0.4, 0.5) is 0 Å². The Bertz CT molecular complexity index is 501. The number of benzene rings is 1. The molecule has 1 aromatic carbocycles. The molecule has 1 rings (SSSR count). The Labute approximate surface area is 125 Å². The molecule has 0 saturated carbocycles. The molecular formula is C17H23NO3. The van der Waals surface area contributed by atoms with Gasteiger partial charge in [-0.15, -0.1) is 0 Å². The van der Waals surface area contributed by atoms with Gasteiger partial charge < -0.3 is 10.4 Å². The van der Waals surface area contributed by atoms with E-state index in [1.165, 1.54) is 6.08 Å². The number of carbonyl (C=O) groups excluding carboxylic acids is 1. The summed E-state index contributed by atoms with van der Waals surface area (Å²) < 4.78 is 0. The van der Waals surface area contributed by atoms with Crippen molar-refractivity contribution in [3.8, 4) is 0 Å². The lowest BCUT2D eigenvalue weighted by atomic mass is 9.87. The van der Waals surface area contributed by atoms with Gasteiger partial charge in [0.2, 0.25) is 5.91 Å². The predicted molar refractivity (Wildman–Crippen MR) is 83.7 cm³/mol. The van der Waals surface area contributed by atoms with Gasteiger partial charge >= 0.3 is 5.97 Å². The molecule has 0 aliphatic carbocycles. The second-order valence-electron chi connectivity index (χ2n) is 6.31. The van der Waals surface area contributed by atoms with Gasteiger partial charge in [-0.05, 0) is 23.5 Å². The fourth-order valence-electron chi connectivity index (χ4n) is 2.11. The van der Waals surface area contributed by atoms with Crippen molar-refractivity contribution < 1.29 is 14.7 Å². The number of nitrogens with one attached hydrogen (secondary N) is 1. The van der Waals surface area contributed by atoms with Gasteiger partial charge in [-0.2, -0.15) is 0 Å². The second kappa shape index (κ2) is 7.62. The summed E-state index contributed by atoms with van der Waals surface area (Å²) in [6.07, 6.45) is 3.70. The van der Waals surface area contributed by atoms with Gasteiger partial charge in [-0.25, -0.2) is 0 Å². The van der Waals surface area contributed by atoms with Crippen molar-refractivity contribution in [3.63, 3.8) is 0 Å². The Morgan fingerprint density at radius 1 is 1.24 bits per heavy atom. The predicted octanol–water partition coefficient (Wildman–Crippen LogP) is 3.10. The smallest absolute Gasteiger partial charge is 0.305 e. The van der Waals surface area contributed by atoms with Crippen LogP contribution < -0.4 is 5.32 Å². The van der Waals surface area contributed by atoms with E-state index in [9.17, 15) is 9.59 Å². The van der Waals surface area contributed by atoms with Crippen molar-refractivity contribution in [1.82, 2.24) is 5.32 Å². The van der Waals surface area contributed by atoms with E-state index < -0.39 is 5.97 Å². The molecule has 0 aliphatic rings. The first-order chi connectivity index (χ1) is 9.76. The van der Waals surface area contributed by atoms with Crippen LogP contribution in [0.3, 0.4) is 0 Å². The standard InChI is InChI=1S/C17H23NO3/c1-17(2,3)12-14(11-16(20)21)18-15(19)10-9-13-7-5-4-6-8-13/h4-10,14H,11-12H2,1-3H3,(H,18,19)(H,20,21)/b10-9+. The SMILES string of the molecule is CC(C)(C)CC(CC(=O)O)NC(=O)/C=C/c1ccccc1. The number of hydrogen-bond donors (Lipinski definition) is 2. The summed E-state index contributed by atoms with van der Waals surface area (Å²) in [5.74, 6) is -1.18. The lowest BCUT2D eigenvalue weighted by Gasteiger charge is -2.25. The third-order valence-electron chi connectivity index (χ3n) is 2.85. The largest absolute Gasteiger partial charge is 0.481 e. The first kappa shape index (κ1) is 17.0. The highest BCUT2D eigenvalue weighted by Crippen LogP contribution is 2.22. The Balaban J connectivity index is 2.63. The molecule has 0 fully saturated rings. The number of carbonyl (C=O) groups is 2. The summed E-state index contributed by atoms with van der Waals surface area (Å²) in [4.78, 5) is 22.8. The topological polar surface area (TPSA) is 66.4 Å². The van der Waals surface area contributed by atoms with Crippen LogP contribution >= 0.6 is 0 Å². The Morgan fingerprint density at radius 2 is 1.86 bits per heavy atom. The van der Waals surface area contributed by atoms with E-state index in [4.69, 9.17) is 5.11 Å². The van der Waals surface area contributed by atoms with Crippen LogP contribution in [0, 0.1) is 5.41 Å². The van der Waals surface area contributed by atoms with Gasteiger partial charge in [0.05, 0.1) is 6.42 Å². The minimum absolute atomic E-state index is 0.0451. The van der Waals surface area contributed by atoms with Gasteiger partial charge in [-0.3, -0.25) is 9.59 Å². The Hall–Kier alpha value is -2.10. The maximum absolute atomic E-state index is 11.9. The molecule has 0 heterocycles. The maximum atomic E-state index is 11.9. The maximum Gasteiger partial charge on any atom is 0.305 e. The number of aliphatic carboxylic acids is 1. The summed E-state index contributed by atoms with van der Waals surface area (Å²) in [5, 5.41) is 11.7. The van der Waals surface area contributed by atoms with Crippen molar-refractivity contribution in [2.24, 2.45) is 5.41 Å². The van der Waals surface area contributed by atoms with Crippen molar-refractivity contribution in [3.05, 3.63) is 42.0 Å². The van der Waals surface area contributed by atoms with Gasteiger partial charge in [0.1, 0.15) is 0 Å². The normalized spacial score (nSPS) is 13.1. The summed E-state index contributed by atoms with van der Waals surface area (Å²) in [6, 6.07) is 9.12. The van der Waals surface area contributed by atoms with Crippen molar-refractivity contribution in [2.75, 3.05) is 0 Å². The lowest BCUT2D eigenvalue weighted by Crippen LogP contribution is -2.38. The molecule has 0 spiro atoms. The zero-order valence-corrected chi connectivity index (χ0v) is 12.8. The highest BCUT2D eigenvalue weighted by atomic mass is 16.4. The lowest BCUT2D eigenvalue weighted by molar-refractivity contribution is -0.137. The number of hydrogen-bond acceptors (Lipinski definition) is 2. The van der Waals surface area contributed by atoms with E-state index in [1.54, 1.807) is 6.08 Å². The molecule has 1 atom stereocenters. The van der Waals surface area contributed by atoms with Crippen LogP contribution in [-0.4, -0.2) is 23.0 Å². The number of carboxylic acids is 1. The minimum Gasteiger partial charge on any atom is -0.481 e. The summed E-state index contributed by atoms with van der Waals surface area (Å²) in [6.45, 7) is 6.06. The zero-order valence-electron chi connectivity index (χ0n) is 12.8. The fourth-order valence-corrected chi connectivity index (χ4v) is 2.11. The van der Waals surface area contributed by atoms with E-state index in [-0.39, 0.29) is 23.8 Å². The van der Waals surface area contributed by atoms with E-state index in [0.29, 0.717) is 6.42 Å². The van der Waals surface area contributed by atoms with Gasteiger partial charge in [-0.1, -0.05) is 51.1 Å². The molecule has 1 amide bonds. The van der Waals surface area contributed by atoms with Crippen molar-refractivity contribution in [1.29, 1.82) is 0 Å². The number of rotatable bonds is 6. The van der Waals surface area contributed by atoms with E-state index >= 15 is 0 Å². The van der Waals surface area contributed by atoms with Crippen LogP contribution in [-0.2, 0) is 9.59 Å². The first-order valence-corrected chi connectivity index (χ1v) is 7.02. The molecule has 0 saturated heterocycles. The summed E-state index contributed by atoms with van der Waals surface area (Å²) in [5.41, 5.74) is 0.884. The molecule has 2 N–H and O–H groups in total. The second-order valence-corrected chi connectivity index (χ2v) is 6.31. The molecule has 1 aromatic rings. The number of amides is 1. The van der Waals surface area contributed by atoms with Crippen LogP contribution in [0.25, 0.3) is 6.08 Å². The van der Waals surface area contributed by atoms with E-state index in [1.807, 2.05) is 51.1 Å². The molecule has 21 heavy (non-hydrogen) atoms. The quantitative estimate of drug-likeness (QED) is 0.791. The van der Waals surface area contributed by atoms with E-state index in [0.717, 1.165) is 5.56 Å². The highest BCUT2D eigenvalue weighted by Gasteiger charge is 2.22. The van der Waals surface area contributed by atoms with Crippen molar-refractivity contribution in [2.45, 2.75) is 39.7 Å². The molecular weight excluding hydrogens is 266 g/mol. The third kappa shape index (κ3) is 7.92. The summed E-state index contributed by atoms with van der Waals surface area (Å²) in [7, 11) is 0. The highest BCUT2D eigenvalue weighted by molar-refractivity contribution is 5.92. The van der Waals surface area contributed by atoms with E-state index in [2.05, 4.69) is 5.32 Å². The Kier molecular flexibility index (Phi) is 6.15. The molecule has 4 nitrogen and oxygen atoms in total. The average Bonchev–Trinajstić information content (AvgIpc) is 2.34. The van der Waals surface area contributed by atoms with Crippen LogP contribution in [0.2, 0.25) is 0 Å². The minimum atomic E-state index is -0.906. The van der Waals surface area contributed by atoms with Gasteiger partial charge in [0.15, 0.2) is 0 Å². The number of carboxylic acid groups (broad SMARTS) is 1.